The summed E-state index contributed by atoms with van der Waals surface area (Å²) >= 11 is 1.72. The number of carbonyl (C=O) groups is 1. The van der Waals surface area contributed by atoms with E-state index >= 15 is 0 Å². The molecule has 1 saturated heterocycles. The maximum absolute atomic E-state index is 13.8. The summed E-state index contributed by atoms with van der Waals surface area (Å²) in [6.07, 6.45) is 1.53. The molecule has 2 aliphatic heterocycles. The first kappa shape index (κ1) is 20.7. The highest BCUT2D eigenvalue weighted by Gasteiger charge is 2.60. The second-order valence-electron chi connectivity index (χ2n) is 9.06. The number of hydrogen-bond donors (Lipinski definition) is 2. The van der Waals surface area contributed by atoms with Crippen LogP contribution in [0, 0.1) is 23.6 Å². The van der Waals surface area contributed by atoms with E-state index in [1.807, 2.05) is 30.7 Å². The normalized spacial score (nSPS) is 26.5. The number of para-hydroxylation sites is 2. The van der Waals surface area contributed by atoms with Crippen molar-refractivity contribution in [2.75, 3.05) is 20.1 Å². The third-order valence-electron chi connectivity index (χ3n) is 7.04. The minimum absolute atomic E-state index is 0.0808. The van der Waals surface area contributed by atoms with Gasteiger partial charge in [-0.1, -0.05) is 12.1 Å². The topological polar surface area (TPSA) is 77.2 Å². The predicted octanol–water partition coefficient (Wildman–Crippen LogP) is 2.94. The Balaban J connectivity index is 1.02. The minimum Gasteiger partial charge on any atom is -0.357 e. The molecule has 7 nitrogen and oxygen atoms in total. The van der Waals surface area contributed by atoms with Crippen LogP contribution < -0.4 is 5.32 Å². The highest BCUT2D eigenvalue weighted by molar-refractivity contribution is 8.03. The van der Waals surface area contributed by atoms with Crippen LogP contribution in [0.1, 0.15) is 11.5 Å². The number of nitrogens with one attached hydrogen (secondary N) is 2. The Morgan fingerprint density at radius 1 is 1.24 bits per heavy atom. The lowest BCUT2D eigenvalue weighted by atomic mass is 10.2. The quantitative estimate of drug-likeness (QED) is 0.584. The molecule has 0 radical (unpaired) electrons. The van der Waals surface area contributed by atoms with Gasteiger partial charge in [-0.3, -0.25) is 14.7 Å². The number of likely N-dealkylation sites (N-methyl/N-ethyl adjacent to an activating group) is 1. The Morgan fingerprint density at radius 3 is 2.85 bits per heavy atom. The lowest BCUT2D eigenvalue weighted by Crippen LogP contribution is -2.37. The van der Waals surface area contributed by atoms with Crippen molar-refractivity contribution >= 4 is 28.7 Å². The standard InChI is InChI=1S/C24H25FN6OS/c1-30-20(23(32)27-9-19-16(25)5-4-8-26-19)13-33-24(30)22-14-10-31(11-15(14)22)12-21-28-17-6-2-3-7-18(17)29-21/h2-8,13-15,22,24H,9-12H2,1H3,(H,27,32)(H,28,29)/t14-,15+,22+,24?. The number of rotatable bonds is 6. The SMILES string of the molecule is CN1C(C(=O)NCc2ncccc2F)=CSC1[C@H]1[C@@H]2CN(Cc3nc4ccccc4[nH]3)C[C@@H]21. The molecular weight excluding hydrogens is 439 g/mol. The highest BCUT2D eigenvalue weighted by atomic mass is 32.2. The zero-order valence-corrected chi connectivity index (χ0v) is 19.1. The number of aromatic nitrogens is 3. The third-order valence-corrected chi connectivity index (χ3v) is 8.31. The van der Waals surface area contributed by atoms with Crippen LogP contribution in [-0.4, -0.2) is 56.2 Å². The van der Waals surface area contributed by atoms with Gasteiger partial charge in [-0.15, -0.1) is 11.8 Å². The number of nitrogens with zero attached hydrogens (tertiary/aromatic N) is 4. The van der Waals surface area contributed by atoms with Crippen molar-refractivity contribution in [2.24, 2.45) is 17.8 Å². The van der Waals surface area contributed by atoms with Crippen LogP contribution in [0.4, 0.5) is 4.39 Å². The van der Waals surface area contributed by atoms with E-state index in [1.54, 1.807) is 17.8 Å². The largest absolute Gasteiger partial charge is 0.357 e. The van der Waals surface area contributed by atoms with Gasteiger partial charge in [-0.05, 0) is 42.0 Å². The summed E-state index contributed by atoms with van der Waals surface area (Å²) in [4.78, 5) is 29.4. The van der Waals surface area contributed by atoms with Crippen molar-refractivity contribution in [3.8, 4) is 0 Å². The third kappa shape index (κ3) is 3.79. The Kier molecular flexibility index (Phi) is 5.10. The molecule has 6 rings (SSSR count). The van der Waals surface area contributed by atoms with Crippen LogP contribution in [0.15, 0.2) is 53.7 Å². The predicted molar refractivity (Wildman–Crippen MR) is 125 cm³/mol. The molecule has 2 fully saturated rings. The Labute approximate surface area is 195 Å². The number of halogens is 1. The number of carbonyl (C=O) groups excluding carboxylic acids is 1. The van der Waals surface area contributed by atoms with E-state index in [-0.39, 0.29) is 23.5 Å². The average molecular weight is 465 g/mol. The van der Waals surface area contributed by atoms with Crippen molar-refractivity contribution < 1.29 is 9.18 Å². The summed E-state index contributed by atoms with van der Waals surface area (Å²) in [6, 6.07) is 11.0. The van der Waals surface area contributed by atoms with Gasteiger partial charge in [-0.25, -0.2) is 9.37 Å². The number of pyridine rings is 1. The maximum atomic E-state index is 13.8. The average Bonchev–Trinajstić information content (AvgIpc) is 3.19. The summed E-state index contributed by atoms with van der Waals surface area (Å²) < 4.78 is 13.8. The van der Waals surface area contributed by atoms with E-state index < -0.39 is 5.82 Å². The molecular formula is C24H25FN6OS. The van der Waals surface area contributed by atoms with Crippen molar-refractivity contribution in [1.29, 1.82) is 0 Å². The lowest BCUT2D eigenvalue weighted by Gasteiger charge is -2.27. The molecule has 1 aromatic carbocycles. The van der Waals surface area contributed by atoms with Crippen LogP contribution in [0.2, 0.25) is 0 Å². The molecule has 4 atom stereocenters. The number of hydrogen-bond acceptors (Lipinski definition) is 6. The van der Waals surface area contributed by atoms with Gasteiger partial charge >= 0.3 is 0 Å². The lowest BCUT2D eigenvalue weighted by molar-refractivity contribution is -0.119. The summed E-state index contributed by atoms with van der Waals surface area (Å²) in [6.45, 7) is 3.06. The van der Waals surface area contributed by atoms with Crippen molar-refractivity contribution in [3.63, 3.8) is 0 Å². The molecule has 4 heterocycles. The number of fused-ring (bicyclic) bond motifs is 2. The smallest absolute Gasteiger partial charge is 0.268 e. The molecule has 2 aromatic heterocycles. The molecule has 170 valence electrons. The highest BCUT2D eigenvalue weighted by Crippen LogP contribution is 2.58. The number of likely N-dealkylation sites (tertiary alicyclic amines) is 1. The van der Waals surface area contributed by atoms with Gasteiger partial charge in [0.2, 0.25) is 0 Å². The Hall–Kier alpha value is -2.91. The number of amides is 1. The Morgan fingerprint density at radius 2 is 2.06 bits per heavy atom. The number of aromatic amines is 1. The second kappa shape index (κ2) is 8.14. The summed E-state index contributed by atoms with van der Waals surface area (Å²) in [5.74, 6) is 2.33. The molecule has 1 saturated carbocycles. The fourth-order valence-electron chi connectivity index (χ4n) is 5.32. The van der Waals surface area contributed by atoms with Crippen molar-refractivity contribution in [3.05, 3.63) is 71.0 Å². The molecule has 1 aliphatic carbocycles. The first-order valence-corrected chi connectivity index (χ1v) is 12.1. The molecule has 3 aromatic rings. The second-order valence-corrected chi connectivity index (χ2v) is 10.0. The number of piperidine rings is 1. The summed E-state index contributed by atoms with van der Waals surface area (Å²) in [5, 5.41) is 5.02. The van der Waals surface area contributed by atoms with Crippen LogP contribution in [0.5, 0.6) is 0 Å². The monoisotopic (exact) mass is 464 g/mol. The summed E-state index contributed by atoms with van der Waals surface area (Å²) in [7, 11) is 1.98. The Bertz CT molecular complexity index is 1200. The van der Waals surface area contributed by atoms with Gasteiger partial charge in [-0.2, -0.15) is 0 Å². The van der Waals surface area contributed by atoms with Crippen molar-refractivity contribution in [2.45, 2.75) is 18.5 Å². The fraction of sp³-hybridized carbons (Fsp3) is 0.375. The summed E-state index contributed by atoms with van der Waals surface area (Å²) in [5.41, 5.74) is 2.99. The minimum atomic E-state index is -0.406. The van der Waals surface area contributed by atoms with Crippen LogP contribution in [-0.2, 0) is 17.9 Å². The molecule has 0 spiro atoms. The first-order valence-electron chi connectivity index (χ1n) is 11.2. The molecule has 3 aliphatic rings. The van der Waals surface area contributed by atoms with E-state index in [1.165, 1.54) is 12.3 Å². The van der Waals surface area contributed by atoms with Gasteiger partial charge in [0.05, 0.1) is 35.2 Å². The van der Waals surface area contributed by atoms with Gasteiger partial charge < -0.3 is 15.2 Å². The van der Waals surface area contributed by atoms with Crippen LogP contribution in [0.3, 0.4) is 0 Å². The van der Waals surface area contributed by atoms with Gasteiger partial charge in [0.1, 0.15) is 17.3 Å². The molecule has 9 heteroatoms. The van der Waals surface area contributed by atoms with E-state index in [9.17, 15) is 9.18 Å². The van der Waals surface area contributed by atoms with E-state index in [0.29, 0.717) is 23.5 Å². The van der Waals surface area contributed by atoms with Crippen LogP contribution >= 0.6 is 11.8 Å². The maximum Gasteiger partial charge on any atom is 0.268 e. The molecule has 1 unspecified atom stereocenters. The van der Waals surface area contributed by atoms with Gasteiger partial charge in [0.15, 0.2) is 0 Å². The number of thioether (sulfide) groups is 1. The van der Waals surface area contributed by atoms with Gasteiger partial charge in [0.25, 0.3) is 5.91 Å². The van der Waals surface area contributed by atoms with E-state index in [4.69, 9.17) is 4.98 Å². The van der Waals surface area contributed by atoms with Crippen LogP contribution in [0.25, 0.3) is 11.0 Å². The van der Waals surface area contributed by atoms with E-state index in [0.717, 1.165) is 36.5 Å². The van der Waals surface area contributed by atoms with E-state index in [2.05, 4.69) is 31.2 Å². The number of benzene rings is 1. The molecule has 33 heavy (non-hydrogen) atoms. The van der Waals surface area contributed by atoms with Gasteiger partial charge in [0, 0.05) is 31.7 Å². The zero-order chi connectivity index (χ0) is 22.5. The molecule has 0 bridgehead atoms. The zero-order valence-electron chi connectivity index (χ0n) is 18.2. The molecule has 1 amide bonds. The fourth-order valence-corrected chi connectivity index (χ4v) is 6.74. The van der Waals surface area contributed by atoms with Crippen molar-refractivity contribution in [1.82, 2.24) is 30.1 Å². The number of H-pyrrole nitrogens is 1. The molecule has 2 N–H and O–H groups in total. The number of imidazole rings is 1. The first-order chi connectivity index (χ1) is 16.1.